The summed E-state index contributed by atoms with van der Waals surface area (Å²) in [4.78, 5) is 0.115. The molecular weight excluding hydrogens is 351 g/mol. The Morgan fingerprint density at radius 3 is 2.62 bits per heavy atom. The summed E-state index contributed by atoms with van der Waals surface area (Å²) in [7, 11) is -3.62. The molecule has 1 fully saturated rings. The molecule has 21 heavy (non-hydrogen) atoms. The van der Waals surface area contributed by atoms with Crippen LogP contribution in [0.3, 0.4) is 0 Å². The Labute approximate surface area is 140 Å². The number of rotatable bonds is 5. The molecular formula is C13H20Cl2N2O2S2. The fourth-order valence-electron chi connectivity index (χ4n) is 2.51. The summed E-state index contributed by atoms with van der Waals surface area (Å²) in [5.74, 6) is 0. The first-order chi connectivity index (χ1) is 9.82. The van der Waals surface area contributed by atoms with Crippen LogP contribution < -0.4 is 5.32 Å². The third kappa shape index (κ3) is 4.12. The van der Waals surface area contributed by atoms with E-state index in [-0.39, 0.29) is 21.3 Å². The number of halogens is 2. The molecule has 8 heteroatoms. The van der Waals surface area contributed by atoms with Crippen molar-refractivity contribution in [2.75, 3.05) is 13.1 Å². The van der Waals surface area contributed by atoms with Gasteiger partial charge in [-0.15, -0.1) is 11.3 Å². The Kier molecular flexibility index (Phi) is 5.96. The minimum Gasteiger partial charge on any atom is -0.313 e. The molecule has 1 aromatic rings. The summed E-state index contributed by atoms with van der Waals surface area (Å²) >= 11 is 13.0. The maximum Gasteiger partial charge on any atom is 0.245 e. The largest absolute Gasteiger partial charge is 0.313 e. The lowest BCUT2D eigenvalue weighted by Gasteiger charge is -2.32. The molecule has 120 valence electrons. The molecule has 4 nitrogen and oxygen atoms in total. The molecule has 1 N–H and O–H groups in total. The van der Waals surface area contributed by atoms with Crippen LogP contribution in [-0.4, -0.2) is 37.9 Å². The Balaban J connectivity index is 2.25. The van der Waals surface area contributed by atoms with Crippen LogP contribution in [0.2, 0.25) is 8.67 Å². The van der Waals surface area contributed by atoms with Crippen LogP contribution in [0.15, 0.2) is 11.0 Å². The summed E-state index contributed by atoms with van der Waals surface area (Å²) in [6.45, 7) is 5.16. The quantitative estimate of drug-likeness (QED) is 0.861. The van der Waals surface area contributed by atoms with Gasteiger partial charge in [0, 0.05) is 18.6 Å². The predicted molar refractivity (Wildman–Crippen MR) is 89.0 cm³/mol. The van der Waals surface area contributed by atoms with Crippen LogP contribution in [0.5, 0.6) is 0 Å². The lowest BCUT2D eigenvalue weighted by atomic mass is 10.1. The molecule has 0 bridgehead atoms. The van der Waals surface area contributed by atoms with E-state index in [1.807, 2.05) is 13.8 Å². The third-order valence-electron chi connectivity index (χ3n) is 3.60. The van der Waals surface area contributed by atoms with Crippen LogP contribution in [-0.2, 0) is 10.0 Å². The average Bonchev–Trinajstić information content (AvgIpc) is 2.76. The molecule has 0 aromatic carbocycles. The van der Waals surface area contributed by atoms with Gasteiger partial charge in [0.15, 0.2) is 0 Å². The molecule has 2 rings (SSSR count). The van der Waals surface area contributed by atoms with Crippen molar-refractivity contribution >= 4 is 44.6 Å². The van der Waals surface area contributed by atoms with Gasteiger partial charge in [-0.2, -0.15) is 4.31 Å². The van der Waals surface area contributed by atoms with Gasteiger partial charge in [0.25, 0.3) is 0 Å². The summed E-state index contributed by atoms with van der Waals surface area (Å²) in [5, 5.41) is 3.39. The Morgan fingerprint density at radius 2 is 2.14 bits per heavy atom. The van der Waals surface area contributed by atoms with E-state index in [9.17, 15) is 8.42 Å². The zero-order chi connectivity index (χ0) is 15.6. The highest BCUT2D eigenvalue weighted by molar-refractivity contribution is 7.89. The molecule has 1 unspecified atom stereocenters. The van der Waals surface area contributed by atoms with Crippen LogP contribution in [0.1, 0.15) is 33.1 Å². The number of nitrogens with one attached hydrogen (secondary N) is 1. The lowest BCUT2D eigenvalue weighted by Crippen LogP contribution is -2.48. The molecule has 1 aromatic heterocycles. The van der Waals surface area contributed by atoms with Gasteiger partial charge < -0.3 is 5.32 Å². The van der Waals surface area contributed by atoms with Crippen LogP contribution in [0.25, 0.3) is 0 Å². The molecule has 0 spiro atoms. The smallest absolute Gasteiger partial charge is 0.245 e. The zero-order valence-corrected chi connectivity index (χ0v) is 15.2. The summed E-state index contributed by atoms with van der Waals surface area (Å²) in [5.41, 5.74) is 0. The molecule has 1 aliphatic heterocycles. The maximum atomic E-state index is 12.8. The van der Waals surface area contributed by atoms with Crippen molar-refractivity contribution in [3.63, 3.8) is 0 Å². The standard InChI is InChI=1S/C13H20Cl2N2O2S2/c1-9(2)17(8-10-5-3-4-6-16-10)21(18,19)11-7-12(14)20-13(11)15/h7,9-10,16H,3-6,8H2,1-2H3. The van der Waals surface area contributed by atoms with E-state index >= 15 is 0 Å². The Hall–Kier alpha value is 0.150. The monoisotopic (exact) mass is 370 g/mol. The van der Waals surface area contributed by atoms with E-state index in [1.54, 1.807) is 0 Å². The van der Waals surface area contributed by atoms with E-state index in [2.05, 4.69) is 5.32 Å². The molecule has 0 radical (unpaired) electrons. The van der Waals surface area contributed by atoms with E-state index in [4.69, 9.17) is 23.2 Å². The van der Waals surface area contributed by atoms with Crippen LogP contribution >= 0.6 is 34.5 Å². The van der Waals surface area contributed by atoms with Crippen molar-refractivity contribution < 1.29 is 8.42 Å². The van der Waals surface area contributed by atoms with Crippen LogP contribution in [0, 0.1) is 0 Å². The molecule has 0 amide bonds. The normalized spacial score (nSPS) is 20.4. The number of thiophene rings is 1. The Morgan fingerprint density at radius 1 is 1.43 bits per heavy atom. The second-order valence-corrected chi connectivity index (χ2v) is 9.65. The Bertz CT molecular complexity index is 581. The minimum absolute atomic E-state index is 0.115. The van der Waals surface area contributed by atoms with Crippen LogP contribution in [0.4, 0.5) is 0 Å². The van der Waals surface area contributed by atoms with E-state index in [0.717, 1.165) is 37.1 Å². The molecule has 0 saturated carbocycles. The zero-order valence-electron chi connectivity index (χ0n) is 12.1. The topological polar surface area (TPSA) is 49.4 Å². The number of piperidine rings is 1. The fraction of sp³-hybridized carbons (Fsp3) is 0.692. The summed E-state index contributed by atoms with van der Waals surface area (Å²) in [6.07, 6.45) is 3.28. The van der Waals surface area contributed by atoms with Gasteiger partial charge in [0.05, 0.1) is 4.34 Å². The molecule has 1 aliphatic rings. The van der Waals surface area contributed by atoms with Gasteiger partial charge in [-0.3, -0.25) is 0 Å². The molecule has 0 aliphatic carbocycles. The van der Waals surface area contributed by atoms with Crippen molar-refractivity contribution in [1.29, 1.82) is 0 Å². The first kappa shape index (κ1) is 17.5. The molecule has 1 atom stereocenters. The van der Waals surface area contributed by atoms with E-state index in [1.165, 1.54) is 10.4 Å². The summed E-state index contributed by atoms with van der Waals surface area (Å²) < 4.78 is 27.8. The average molecular weight is 371 g/mol. The van der Waals surface area contributed by atoms with Crippen molar-refractivity contribution in [3.8, 4) is 0 Å². The van der Waals surface area contributed by atoms with Crippen molar-refractivity contribution in [3.05, 3.63) is 14.7 Å². The highest BCUT2D eigenvalue weighted by Crippen LogP contribution is 2.36. The van der Waals surface area contributed by atoms with Gasteiger partial charge in [-0.05, 0) is 39.3 Å². The summed E-state index contributed by atoms with van der Waals surface area (Å²) in [6, 6.07) is 1.50. The second-order valence-electron chi connectivity index (χ2n) is 5.50. The van der Waals surface area contributed by atoms with Crippen molar-refractivity contribution in [2.24, 2.45) is 0 Å². The number of hydrogen-bond donors (Lipinski definition) is 1. The SMILES string of the molecule is CC(C)N(CC1CCCCN1)S(=O)(=O)c1cc(Cl)sc1Cl. The number of sulfonamides is 1. The van der Waals surface area contributed by atoms with Crippen molar-refractivity contribution in [1.82, 2.24) is 9.62 Å². The molecule has 1 saturated heterocycles. The molecule has 2 heterocycles. The predicted octanol–water partition coefficient (Wildman–Crippen LogP) is 3.60. The minimum atomic E-state index is -3.62. The van der Waals surface area contributed by atoms with Gasteiger partial charge >= 0.3 is 0 Å². The maximum absolute atomic E-state index is 12.8. The first-order valence-electron chi connectivity index (χ1n) is 7.02. The third-order valence-corrected chi connectivity index (χ3v) is 7.40. The van der Waals surface area contributed by atoms with Gasteiger partial charge in [0.2, 0.25) is 10.0 Å². The van der Waals surface area contributed by atoms with Gasteiger partial charge in [0.1, 0.15) is 9.23 Å². The highest BCUT2D eigenvalue weighted by Gasteiger charge is 2.32. The van der Waals surface area contributed by atoms with Gasteiger partial charge in [-0.25, -0.2) is 8.42 Å². The fourth-order valence-corrected chi connectivity index (χ4v) is 6.31. The first-order valence-corrected chi connectivity index (χ1v) is 10.0. The number of hydrogen-bond acceptors (Lipinski definition) is 4. The highest BCUT2D eigenvalue weighted by atomic mass is 35.5. The second kappa shape index (κ2) is 7.15. The lowest BCUT2D eigenvalue weighted by molar-refractivity contribution is 0.282. The van der Waals surface area contributed by atoms with E-state index < -0.39 is 10.0 Å². The van der Waals surface area contributed by atoms with E-state index in [0.29, 0.717) is 10.9 Å². The number of nitrogens with zero attached hydrogens (tertiary/aromatic N) is 1. The van der Waals surface area contributed by atoms with Crippen molar-refractivity contribution in [2.45, 2.75) is 50.1 Å². The van der Waals surface area contributed by atoms with Gasteiger partial charge in [-0.1, -0.05) is 29.6 Å².